The summed E-state index contributed by atoms with van der Waals surface area (Å²) in [6, 6.07) is 14.4. The number of aryl methyl sites for hydroxylation is 1. The lowest BCUT2D eigenvalue weighted by atomic mass is 9.90. The number of thioether (sulfide) groups is 1. The Labute approximate surface area is 147 Å². The molecule has 124 valence electrons. The molecule has 0 bridgehead atoms. The maximum Gasteiger partial charge on any atom is 0.326 e. The molecule has 2 amide bonds. The van der Waals surface area contributed by atoms with Crippen LogP contribution in [0.2, 0.25) is 0 Å². The average molecular weight is 338 g/mol. The molecule has 0 aromatic heterocycles. The number of benzene rings is 2. The van der Waals surface area contributed by atoms with Crippen LogP contribution in [0, 0.1) is 0 Å². The van der Waals surface area contributed by atoms with Gasteiger partial charge in [0.05, 0.1) is 5.69 Å². The van der Waals surface area contributed by atoms with Gasteiger partial charge in [-0.05, 0) is 55.0 Å². The van der Waals surface area contributed by atoms with E-state index in [1.165, 1.54) is 28.9 Å². The van der Waals surface area contributed by atoms with E-state index in [1.807, 2.05) is 40.9 Å². The van der Waals surface area contributed by atoms with Gasteiger partial charge in [0.25, 0.3) is 0 Å². The Kier molecular flexibility index (Phi) is 4.23. The van der Waals surface area contributed by atoms with Gasteiger partial charge in [0, 0.05) is 22.4 Å². The maximum atomic E-state index is 13.0. The lowest BCUT2D eigenvalue weighted by Crippen LogP contribution is -2.41. The summed E-state index contributed by atoms with van der Waals surface area (Å²) >= 11 is 1.84. The Hall–Kier alpha value is -1.94. The molecule has 3 nitrogen and oxygen atoms in total. The van der Waals surface area contributed by atoms with E-state index in [4.69, 9.17) is 0 Å². The van der Waals surface area contributed by atoms with Crippen molar-refractivity contribution in [2.24, 2.45) is 0 Å². The van der Waals surface area contributed by atoms with Gasteiger partial charge in [-0.25, -0.2) is 4.79 Å². The van der Waals surface area contributed by atoms with Gasteiger partial charge in [0.1, 0.15) is 0 Å². The second-order valence-electron chi connectivity index (χ2n) is 6.59. The van der Waals surface area contributed by atoms with Gasteiger partial charge in [-0.1, -0.05) is 31.2 Å². The monoisotopic (exact) mass is 338 g/mol. The topological polar surface area (TPSA) is 32.3 Å². The number of nitrogens with zero attached hydrogens (tertiary/aromatic N) is 1. The summed E-state index contributed by atoms with van der Waals surface area (Å²) in [6.45, 7) is 2.91. The first-order valence-electron chi connectivity index (χ1n) is 8.67. The van der Waals surface area contributed by atoms with Crippen LogP contribution in [0.5, 0.6) is 0 Å². The molecule has 2 aromatic carbocycles. The highest BCUT2D eigenvalue weighted by molar-refractivity contribution is 8.00. The molecule has 1 atom stereocenters. The average Bonchev–Trinajstić information content (AvgIpc) is 2.61. The Balaban J connectivity index is 1.61. The van der Waals surface area contributed by atoms with E-state index in [1.54, 1.807) is 0 Å². The van der Waals surface area contributed by atoms with Crippen LogP contribution in [0.4, 0.5) is 16.2 Å². The molecule has 4 heteroatoms. The number of rotatable bonds is 1. The van der Waals surface area contributed by atoms with E-state index in [0.717, 1.165) is 30.8 Å². The number of para-hydroxylation sites is 1. The van der Waals surface area contributed by atoms with Crippen LogP contribution in [0.25, 0.3) is 0 Å². The van der Waals surface area contributed by atoms with Gasteiger partial charge in [-0.3, -0.25) is 4.90 Å². The number of hydrogen-bond donors (Lipinski definition) is 1. The molecule has 4 rings (SSSR count). The van der Waals surface area contributed by atoms with Crippen LogP contribution in [0.1, 0.15) is 30.9 Å². The molecule has 0 radical (unpaired) electrons. The second kappa shape index (κ2) is 6.52. The molecule has 1 N–H and O–H groups in total. The second-order valence-corrected chi connectivity index (χ2v) is 8.07. The van der Waals surface area contributed by atoms with Gasteiger partial charge < -0.3 is 5.32 Å². The lowest BCUT2D eigenvalue weighted by Gasteiger charge is -2.33. The summed E-state index contributed by atoms with van der Waals surface area (Å²) in [4.78, 5) is 16.0. The van der Waals surface area contributed by atoms with E-state index < -0.39 is 0 Å². The Morgan fingerprint density at radius 2 is 1.96 bits per heavy atom. The first kappa shape index (κ1) is 15.6. The molecule has 0 saturated heterocycles. The van der Waals surface area contributed by atoms with Crippen molar-refractivity contribution in [3.05, 3.63) is 53.6 Å². The number of amides is 2. The molecule has 1 aliphatic heterocycles. The van der Waals surface area contributed by atoms with Gasteiger partial charge in [-0.15, -0.1) is 11.8 Å². The number of carbonyl (C=O) groups excluding carboxylic acids is 1. The summed E-state index contributed by atoms with van der Waals surface area (Å²) in [5.74, 6) is 0. The number of urea groups is 1. The van der Waals surface area contributed by atoms with Crippen molar-refractivity contribution in [1.29, 1.82) is 0 Å². The van der Waals surface area contributed by atoms with Gasteiger partial charge in [-0.2, -0.15) is 0 Å². The Morgan fingerprint density at radius 3 is 2.88 bits per heavy atom. The minimum Gasteiger partial charge on any atom is -0.307 e. The third kappa shape index (κ3) is 2.91. The third-order valence-corrected chi connectivity index (χ3v) is 5.96. The number of hydrogen-bond acceptors (Lipinski definition) is 2. The molecular formula is C20H22N2OS. The van der Waals surface area contributed by atoms with E-state index >= 15 is 0 Å². The van der Waals surface area contributed by atoms with Crippen LogP contribution in [-0.2, 0) is 12.8 Å². The fourth-order valence-corrected chi connectivity index (χ4v) is 4.78. The van der Waals surface area contributed by atoms with Crippen molar-refractivity contribution in [2.75, 3.05) is 16.8 Å². The minimum atomic E-state index is -0.0198. The molecule has 0 fully saturated rings. The highest BCUT2D eigenvalue weighted by Crippen LogP contribution is 2.38. The van der Waals surface area contributed by atoms with E-state index in [0.29, 0.717) is 5.25 Å². The molecule has 1 heterocycles. The van der Waals surface area contributed by atoms with Crippen molar-refractivity contribution < 1.29 is 4.79 Å². The first-order valence-corrected chi connectivity index (χ1v) is 9.55. The molecule has 2 aliphatic rings. The zero-order valence-electron chi connectivity index (χ0n) is 13.9. The predicted molar refractivity (Wildman–Crippen MR) is 101 cm³/mol. The fourth-order valence-electron chi connectivity index (χ4n) is 3.66. The Morgan fingerprint density at radius 1 is 1.12 bits per heavy atom. The summed E-state index contributed by atoms with van der Waals surface area (Å²) in [6.07, 6.45) is 4.65. The van der Waals surface area contributed by atoms with E-state index in [9.17, 15) is 4.79 Å². The SMILES string of the molecule is C[C@H]1CN(C(=O)Nc2cccc3c2CCCC3)c2ccccc2S1. The van der Waals surface area contributed by atoms with Crippen molar-refractivity contribution >= 4 is 29.2 Å². The number of fused-ring (bicyclic) bond motifs is 2. The molecule has 0 spiro atoms. The van der Waals surface area contributed by atoms with Crippen molar-refractivity contribution in [2.45, 2.75) is 42.8 Å². The number of nitrogens with one attached hydrogen (secondary N) is 1. The van der Waals surface area contributed by atoms with E-state index in [2.05, 4.69) is 30.4 Å². The zero-order valence-corrected chi connectivity index (χ0v) is 14.7. The zero-order chi connectivity index (χ0) is 16.5. The van der Waals surface area contributed by atoms with Crippen molar-refractivity contribution in [3.63, 3.8) is 0 Å². The first-order chi connectivity index (χ1) is 11.7. The minimum absolute atomic E-state index is 0.0198. The van der Waals surface area contributed by atoms with Crippen LogP contribution < -0.4 is 10.2 Å². The highest BCUT2D eigenvalue weighted by atomic mass is 32.2. The fraction of sp³-hybridized carbons (Fsp3) is 0.350. The normalized spacial score (nSPS) is 19.4. The lowest BCUT2D eigenvalue weighted by molar-refractivity contribution is 0.256. The predicted octanol–water partition coefficient (Wildman–Crippen LogP) is 5.10. The van der Waals surface area contributed by atoms with Crippen molar-refractivity contribution in [3.8, 4) is 0 Å². The van der Waals surface area contributed by atoms with Crippen LogP contribution in [0.15, 0.2) is 47.4 Å². The van der Waals surface area contributed by atoms with Crippen molar-refractivity contribution in [1.82, 2.24) is 0 Å². The summed E-state index contributed by atoms with van der Waals surface area (Å²) < 4.78 is 0. The highest BCUT2D eigenvalue weighted by Gasteiger charge is 2.27. The molecule has 2 aromatic rings. The number of anilines is 2. The molecule has 0 unspecified atom stereocenters. The van der Waals surface area contributed by atoms with Gasteiger partial charge in [0.15, 0.2) is 0 Å². The van der Waals surface area contributed by atoms with Crippen LogP contribution in [-0.4, -0.2) is 17.8 Å². The van der Waals surface area contributed by atoms with Gasteiger partial charge >= 0.3 is 6.03 Å². The largest absolute Gasteiger partial charge is 0.326 e. The third-order valence-electron chi connectivity index (χ3n) is 4.81. The molecule has 1 aliphatic carbocycles. The molecular weight excluding hydrogens is 316 g/mol. The Bertz CT molecular complexity index is 774. The molecule has 0 saturated carbocycles. The summed E-state index contributed by atoms with van der Waals surface area (Å²) in [5, 5.41) is 3.58. The quantitative estimate of drug-likeness (QED) is 0.785. The van der Waals surface area contributed by atoms with Crippen LogP contribution >= 0.6 is 11.8 Å². The maximum absolute atomic E-state index is 13.0. The summed E-state index contributed by atoms with van der Waals surface area (Å²) in [7, 11) is 0. The van der Waals surface area contributed by atoms with Crippen LogP contribution in [0.3, 0.4) is 0 Å². The smallest absolute Gasteiger partial charge is 0.307 e. The van der Waals surface area contributed by atoms with Gasteiger partial charge in [0.2, 0.25) is 0 Å². The standard InChI is InChI=1S/C20H22N2OS/c1-14-13-22(18-11-4-5-12-19(18)24-14)20(23)21-17-10-6-8-15-7-2-3-9-16(15)17/h4-6,8,10-12,14H,2-3,7,9,13H2,1H3,(H,21,23)/t14-/m0/s1. The molecule has 24 heavy (non-hydrogen) atoms. The number of carbonyl (C=O) groups is 1. The summed E-state index contributed by atoms with van der Waals surface area (Å²) in [5.41, 5.74) is 4.72. The van der Waals surface area contributed by atoms with E-state index in [-0.39, 0.29) is 6.03 Å².